The molecular weight excluding hydrogens is 318 g/mol. The molecule has 2 nitrogen and oxygen atoms in total. The Morgan fingerprint density at radius 3 is 2.27 bits per heavy atom. The highest BCUT2D eigenvalue weighted by Gasteiger charge is 2.18. The molecule has 3 aromatic carbocycles. The molecule has 0 atom stereocenters. The normalized spacial score (nSPS) is 10.8. The average Bonchev–Trinajstić information content (AvgIpc) is 2.73. The van der Waals surface area contributed by atoms with Gasteiger partial charge in [-0.3, -0.25) is 9.78 Å². The quantitative estimate of drug-likeness (QED) is 0.447. The molecule has 26 heavy (non-hydrogen) atoms. The minimum absolute atomic E-state index is 0.00441. The third kappa shape index (κ3) is 2.91. The van der Waals surface area contributed by atoms with Crippen molar-refractivity contribution in [2.75, 3.05) is 0 Å². The van der Waals surface area contributed by atoms with Gasteiger partial charge in [-0.25, -0.2) is 0 Å². The molecule has 4 aromatic rings. The molecule has 1 aromatic heterocycles. The molecule has 4 rings (SSSR count). The number of aromatic nitrogens is 1. The fourth-order valence-electron chi connectivity index (χ4n) is 3.28. The molecule has 2 heteroatoms. The van der Waals surface area contributed by atoms with Gasteiger partial charge in [-0.15, -0.1) is 0 Å². The van der Waals surface area contributed by atoms with E-state index >= 15 is 0 Å². The highest BCUT2D eigenvalue weighted by molar-refractivity contribution is 6.16. The van der Waals surface area contributed by atoms with Crippen molar-refractivity contribution in [2.24, 2.45) is 0 Å². The van der Waals surface area contributed by atoms with Crippen LogP contribution in [0.5, 0.6) is 0 Å². The van der Waals surface area contributed by atoms with Crippen molar-refractivity contribution in [3.63, 3.8) is 0 Å². The van der Waals surface area contributed by atoms with E-state index < -0.39 is 0 Å². The number of fused-ring (bicyclic) bond motifs is 1. The van der Waals surface area contributed by atoms with Gasteiger partial charge in [0.25, 0.3) is 0 Å². The maximum Gasteiger partial charge on any atom is 0.195 e. The van der Waals surface area contributed by atoms with Gasteiger partial charge >= 0.3 is 0 Å². The first-order valence-corrected chi connectivity index (χ1v) is 8.84. The molecule has 0 spiro atoms. The molecule has 0 N–H and O–H groups in total. The molecule has 0 unspecified atom stereocenters. The second kappa shape index (κ2) is 6.93. The van der Waals surface area contributed by atoms with Gasteiger partial charge in [0.1, 0.15) is 0 Å². The Labute approximate surface area is 153 Å². The lowest BCUT2D eigenvalue weighted by molar-refractivity contribution is 0.103. The molecule has 0 aliphatic rings. The number of hydrogen-bond acceptors (Lipinski definition) is 2. The summed E-state index contributed by atoms with van der Waals surface area (Å²) in [6.07, 6.45) is 2.67. The largest absolute Gasteiger partial charge is 0.289 e. The van der Waals surface area contributed by atoms with Crippen LogP contribution in [0.25, 0.3) is 22.0 Å². The van der Waals surface area contributed by atoms with Crippen LogP contribution in [0.1, 0.15) is 28.4 Å². The van der Waals surface area contributed by atoms with Gasteiger partial charge in [0.05, 0.1) is 5.52 Å². The number of ketones is 1. The Morgan fingerprint density at radius 2 is 1.54 bits per heavy atom. The van der Waals surface area contributed by atoms with Crippen molar-refractivity contribution in [1.82, 2.24) is 4.98 Å². The van der Waals surface area contributed by atoms with Crippen molar-refractivity contribution in [3.05, 3.63) is 102 Å². The molecule has 0 bridgehead atoms. The zero-order valence-corrected chi connectivity index (χ0v) is 14.6. The number of benzene rings is 3. The summed E-state index contributed by atoms with van der Waals surface area (Å²) in [6.45, 7) is 2.11. The van der Waals surface area contributed by atoms with E-state index in [0.29, 0.717) is 11.1 Å². The first-order valence-electron chi connectivity index (χ1n) is 8.84. The average molecular weight is 337 g/mol. The second-order valence-electron chi connectivity index (χ2n) is 6.31. The third-order valence-corrected chi connectivity index (χ3v) is 4.71. The molecule has 0 radical (unpaired) electrons. The Hall–Kier alpha value is -3.26. The van der Waals surface area contributed by atoms with Gasteiger partial charge in [-0.05, 0) is 23.6 Å². The Kier molecular flexibility index (Phi) is 4.32. The van der Waals surface area contributed by atoms with Crippen LogP contribution in [0.3, 0.4) is 0 Å². The number of aryl methyl sites for hydroxylation is 1. The summed E-state index contributed by atoms with van der Waals surface area (Å²) in [4.78, 5) is 17.8. The molecule has 0 aliphatic carbocycles. The standard InChI is InChI=1S/C24H19NO/c1-2-17-12-14-19(15-13-17)24(26)21-16-25-22-11-7-6-10-20(22)23(21)18-8-4-3-5-9-18/h3-16H,2H2,1H3. The lowest BCUT2D eigenvalue weighted by atomic mass is 9.92. The number of pyridine rings is 1. The number of rotatable bonds is 4. The van der Waals surface area contributed by atoms with Crippen molar-refractivity contribution in [2.45, 2.75) is 13.3 Å². The summed E-state index contributed by atoms with van der Waals surface area (Å²) < 4.78 is 0. The first-order chi connectivity index (χ1) is 12.8. The molecule has 0 aliphatic heterocycles. The van der Waals surface area contributed by atoms with E-state index in [1.807, 2.05) is 78.9 Å². The van der Waals surface area contributed by atoms with Gasteiger partial charge in [-0.2, -0.15) is 0 Å². The van der Waals surface area contributed by atoms with E-state index in [-0.39, 0.29) is 5.78 Å². The molecule has 0 saturated heterocycles. The maximum atomic E-state index is 13.2. The van der Waals surface area contributed by atoms with Gasteiger partial charge in [-0.1, -0.05) is 79.7 Å². The van der Waals surface area contributed by atoms with Crippen LogP contribution in [0, 0.1) is 0 Å². The van der Waals surface area contributed by atoms with Crippen LogP contribution < -0.4 is 0 Å². The molecule has 1 heterocycles. The highest BCUT2D eigenvalue weighted by Crippen LogP contribution is 2.32. The van der Waals surface area contributed by atoms with E-state index in [9.17, 15) is 4.79 Å². The Bertz CT molecular complexity index is 1070. The highest BCUT2D eigenvalue weighted by atomic mass is 16.1. The van der Waals surface area contributed by atoms with E-state index in [1.54, 1.807) is 6.20 Å². The van der Waals surface area contributed by atoms with Gasteiger partial charge in [0, 0.05) is 28.3 Å². The predicted molar refractivity (Wildman–Crippen MR) is 106 cm³/mol. The zero-order valence-electron chi connectivity index (χ0n) is 14.6. The predicted octanol–water partition coefficient (Wildman–Crippen LogP) is 5.70. The molecule has 0 amide bonds. The van der Waals surface area contributed by atoms with Gasteiger partial charge < -0.3 is 0 Å². The molecule has 0 fully saturated rings. The van der Waals surface area contributed by atoms with Crippen LogP contribution in [0.15, 0.2) is 85.1 Å². The van der Waals surface area contributed by atoms with Crippen LogP contribution in [-0.2, 0) is 6.42 Å². The first kappa shape index (κ1) is 16.2. The number of para-hydroxylation sites is 1. The van der Waals surface area contributed by atoms with Crippen LogP contribution >= 0.6 is 0 Å². The number of nitrogens with zero attached hydrogens (tertiary/aromatic N) is 1. The lowest BCUT2D eigenvalue weighted by Gasteiger charge is -2.12. The van der Waals surface area contributed by atoms with Crippen molar-refractivity contribution in [1.29, 1.82) is 0 Å². The Balaban J connectivity index is 1.93. The topological polar surface area (TPSA) is 30.0 Å². The SMILES string of the molecule is CCc1ccc(C(=O)c2cnc3ccccc3c2-c2ccccc2)cc1. The molecule has 0 saturated carbocycles. The summed E-state index contributed by atoms with van der Waals surface area (Å²) in [5.74, 6) is 0.00441. The monoisotopic (exact) mass is 337 g/mol. The van der Waals surface area contributed by atoms with Crippen LogP contribution in [0.4, 0.5) is 0 Å². The van der Waals surface area contributed by atoms with Crippen LogP contribution in [-0.4, -0.2) is 10.8 Å². The smallest absolute Gasteiger partial charge is 0.195 e. The minimum atomic E-state index is 0.00441. The lowest BCUT2D eigenvalue weighted by Crippen LogP contribution is -2.05. The summed E-state index contributed by atoms with van der Waals surface area (Å²) in [7, 11) is 0. The van der Waals surface area contributed by atoms with Gasteiger partial charge in [0.15, 0.2) is 5.78 Å². The molecular formula is C24H19NO. The second-order valence-corrected chi connectivity index (χ2v) is 6.31. The summed E-state index contributed by atoms with van der Waals surface area (Å²) in [5.41, 5.74) is 5.42. The summed E-state index contributed by atoms with van der Waals surface area (Å²) in [6, 6.07) is 25.9. The Morgan fingerprint density at radius 1 is 0.846 bits per heavy atom. The van der Waals surface area contributed by atoms with Crippen molar-refractivity contribution in [3.8, 4) is 11.1 Å². The van der Waals surface area contributed by atoms with E-state index in [4.69, 9.17) is 0 Å². The number of carbonyl (C=O) groups is 1. The van der Waals surface area contributed by atoms with Gasteiger partial charge in [0.2, 0.25) is 0 Å². The summed E-state index contributed by atoms with van der Waals surface area (Å²) >= 11 is 0. The minimum Gasteiger partial charge on any atom is -0.289 e. The van der Waals surface area contributed by atoms with E-state index in [0.717, 1.165) is 28.5 Å². The fourth-order valence-corrected chi connectivity index (χ4v) is 3.28. The number of hydrogen-bond donors (Lipinski definition) is 0. The summed E-state index contributed by atoms with van der Waals surface area (Å²) in [5, 5.41) is 0.995. The maximum absolute atomic E-state index is 13.2. The fraction of sp³-hybridized carbons (Fsp3) is 0.0833. The zero-order chi connectivity index (χ0) is 17.9. The van der Waals surface area contributed by atoms with Crippen molar-refractivity contribution >= 4 is 16.7 Å². The van der Waals surface area contributed by atoms with E-state index in [2.05, 4.69) is 11.9 Å². The third-order valence-electron chi connectivity index (χ3n) is 4.71. The molecule has 126 valence electrons. The van der Waals surface area contributed by atoms with Crippen molar-refractivity contribution < 1.29 is 4.79 Å². The van der Waals surface area contributed by atoms with Crippen LogP contribution in [0.2, 0.25) is 0 Å². The van der Waals surface area contributed by atoms with E-state index in [1.165, 1.54) is 5.56 Å². The number of carbonyl (C=O) groups excluding carboxylic acids is 1.